The number of ether oxygens (including phenoxy) is 1. The molecule has 202 valence electrons. The first kappa shape index (κ1) is 25.7. The van der Waals surface area contributed by atoms with Gasteiger partial charge in [0.25, 0.3) is 0 Å². The molecule has 1 saturated carbocycles. The molecule has 3 aromatic heterocycles. The van der Waals surface area contributed by atoms with E-state index in [0.717, 1.165) is 67.0 Å². The third-order valence-electron chi connectivity index (χ3n) is 8.27. The van der Waals surface area contributed by atoms with Gasteiger partial charge in [-0.15, -0.1) is 0 Å². The molecule has 0 radical (unpaired) electrons. The van der Waals surface area contributed by atoms with Crippen LogP contribution in [0, 0.1) is 23.2 Å². The number of nitrogens with zero attached hydrogens (tertiary/aromatic N) is 4. The maximum atomic E-state index is 13.8. The lowest BCUT2D eigenvalue weighted by Crippen LogP contribution is -2.45. The first-order valence-electron chi connectivity index (χ1n) is 13.7. The van der Waals surface area contributed by atoms with E-state index in [-0.39, 0.29) is 17.6 Å². The number of fused-ring (bicyclic) bond motifs is 3. The van der Waals surface area contributed by atoms with Gasteiger partial charge in [0.15, 0.2) is 15.5 Å². The third-order valence-corrected chi connectivity index (χ3v) is 10.4. The lowest BCUT2D eigenvalue weighted by atomic mass is 9.79. The molecule has 6 rings (SSSR count). The van der Waals surface area contributed by atoms with Crippen LogP contribution in [-0.4, -0.2) is 52.9 Å². The molecule has 4 heterocycles. The highest BCUT2D eigenvalue weighted by Crippen LogP contribution is 2.40. The molecule has 9 nitrogen and oxygen atoms in total. The van der Waals surface area contributed by atoms with E-state index < -0.39 is 15.3 Å². The van der Waals surface area contributed by atoms with Crippen LogP contribution in [0.15, 0.2) is 48.9 Å². The van der Waals surface area contributed by atoms with E-state index in [1.54, 1.807) is 36.7 Å². The Morgan fingerprint density at radius 1 is 1.05 bits per heavy atom. The first-order chi connectivity index (χ1) is 19.0. The maximum Gasteiger partial charge on any atom is 0.203 e. The van der Waals surface area contributed by atoms with Crippen molar-refractivity contribution < 1.29 is 13.2 Å². The van der Waals surface area contributed by atoms with Crippen LogP contribution in [0.2, 0.25) is 0 Å². The molecule has 2 fully saturated rings. The van der Waals surface area contributed by atoms with Crippen molar-refractivity contribution in [3.05, 3.63) is 60.0 Å². The molecule has 1 aromatic carbocycles. The number of hydrogen-bond donors (Lipinski definition) is 2. The molecule has 10 heteroatoms. The largest absolute Gasteiger partial charge is 0.474 e. The Kier molecular flexibility index (Phi) is 7.19. The van der Waals surface area contributed by atoms with E-state index in [1.807, 2.05) is 12.3 Å². The standard InChI is InChI=1S/C29H32N6O3S/c30-14-19-5-9-23(10-6-19)38-29(22-2-1-12-31-15-22)39(36,37)18-20-3-7-21(8-4-20)25-16-34-35-26-17-33-28-24(27(25)26)11-13-32-28/h5-6,9-11,13,16-17,20-22,29,31,35H,1-4,7-8,12,15,18H2. The molecule has 0 bridgehead atoms. The Morgan fingerprint density at radius 3 is 2.62 bits per heavy atom. The second-order valence-electron chi connectivity index (χ2n) is 10.8. The number of H-pyrrole nitrogens is 1. The van der Waals surface area contributed by atoms with Crippen LogP contribution in [0.25, 0.3) is 21.9 Å². The third kappa shape index (κ3) is 5.34. The van der Waals surface area contributed by atoms with Gasteiger partial charge >= 0.3 is 0 Å². The predicted octanol–water partition coefficient (Wildman–Crippen LogP) is 4.47. The molecular weight excluding hydrogens is 512 g/mol. The van der Waals surface area contributed by atoms with Crippen molar-refractivity contribution in [3.8, 4) is 11.8 Å². The van der Waals surface area contributed by atoms with Crippen molar-refractivity contribution in [3.63, 3.8) is 0 Å². The SMILES string of the molecule is N#Cc1ccc(OC(C2CCCNC2)S(=O)(=O)CC2CCC(c3cn[nH]c4cnc5nccc5c34)CC2)cc1. The van der Waals surface area contributed by atoms with Gasteiger partial charge in [-0.3, -0.25) is 5.10 Å². The van der Waals surface area contributed by atoms with Crippen LogP contribution >= 0.6 is 0 Å². The molecule has 1 aliphatic heterocycles. The summed E-state index contributed by atoms with van der Waals surface area (Å²) in [5.41, 5.74) is 2.42. The Balaban J connectivity index is 1.18. The minimum atomic E-state index is -3.53. The average Bonchev–Trinajstić information content (AvgIpc) is 3.46. The smallest absolute Gasteiger partial charge is 0.203 e. The van der Waals surface area contributed by atoms with Crippen LogP contribution in [0.1, 0.15) is 55.6 Å². The van der Waals surface area contributed by atoms with Crippen LogP contribution in [-0.2, 0) is 9.84 Å². The van der Waals surface area contributed by atoms with Gasteiger partial charge in [0, 0.05) is 29.4 Å². The minimum Gasteiger partial charge on any atom is -0.474 e. The normalized spacial score (nSPS) is 22.9. The van der Waals surface area contributed by atoms with Crippen LogP contribution < -0.4 is 10.1 Å². The van der Waals surface area contributed by atoms with E-state index in [9.17, 15) is 8.42 Å². The zero-order valence-electron chi connectivity index (χ0n) is 21.7. The van der Waals surface area contributed by atoms with E-state index in [4.69, 9.17) is 10.00 Å². The van der Waals surface area contributed by atoms with Crippen molar-refractivity contribution in [1.29, 1.82) is 5.26 Å². The Labute approximate surface area is 227 Å². The number of aromatic amines is 1. The zero-order valence-corrected chi connectivity index (χ0v) is 22.5. The average molecular weight is 545 g/mol. The lowest BCUT2D eigenvalue weighted by Gasteiger charge is -2.33. The Morgan fingerprint density at radius 2 is 1.87 bits per heavy atom. The molecule has 2 unspecified atom stereocenters. The first-order valence-corrected chi connectivity index (χ1v) is 15.4. The summed E-state index contributed by atoms with van der Waals surface area (Å²) < 4.78 is 33.8. The summed E-state index contributed by atoms with van der Waals surface area (Å²) in [4.78, 5) is 8.78. The second-order valence-corrected chi connectivity index (χ2v) is 13.0. The molecule has 39 heavy (non-hydrogen) atoms. The maximum absolute atomic E-state index is 13.8. The fraction of sp³-hybridized carbons (Fsp3) is 0.448. The molecule has 1 aliphatic carbocycles. The van der Waals surface area contributed by atoms with E-state index in [1.165, 1.54) is 5.56 Å². The Hall–Kier alpha value is -3.55. The highest BCUT2D eigenvalue weighted by atomic mass is 32.2. The molecule has 4 aromatic rings. The zero-order chi connectivity index (χ0) is 26.8. The van der Waals surface area contributed by atoms with Crippen molar-refractivity contribution in [2.45, 2.75) is 49.9 Å². The number of benzene rings is 1. The lowest BCUT2D eigenvalue weighted by molar-refractivity contribution is 0.177. The number of nitriles is 1. The summed E-state index contributed by atoms with van der Waals surface area (Å²) in [6.45, 7) is 1.52. The topological polar surface area (TPSA) is 134 Å². The number of nitrogens with one attached hydrogen (secondary N) is 2. The number of aromatic nitrogens is 4. The molecule has 0 amide bonds. The fourth-order valence-electron chi connectivity index (χ4n) is 6.28. The summed E-state index contributed by atoms with van der Waals surface area (Å²) in [7, 11) is -3.53. The molecule has 2 N–H and O–H groups in total. The van der Waals surface area contributed by atoms with Gasteiger partial charge in [-0.1, -0.05) is 0 Å². The van der Waals surface area contributed by atoms with Crippen molar-refractivity contribution in [1.82, 2.24) is 25.5 Å². The number of pyridine rings is 1. The second kappa shape index (κ2) is 10.9. The number of piperidine rings is 1. The van der Waals surface area contributed by atoms with E-state index in [2.05, 4.69) is 31.6 Å². The van der Waals surface area contributed by atoms with Crippen LogP contribution in [0.3, 0.4) is 0 Å². The summed E-state index contributed by atoms with van der Waals surface area (Å²) >= 11 is 0. The fourth-order valence-corrected chi connectivity index (χ4v) is 8.54. The molecule has 2 atom stereocenters. The van der Waals surface area contributed by atoms with Gasteiger partial charge in [-0.2, -0.15) is 10.4 Å². The summed E-state index contributed by atoms with van der Waals surface area (Å²) in [5.74, 6) is 0.899. The predicted molar refractivity (Wildman–Crippen MR) is 149 cm³/mol. The molecular formula is C29H32N6O3S. The van der Waals surface area contributed by atoms with Crippen LogP contribution in [0.5, 0.6) is 5.75 Å². The number of rotatable bonds is 7. The van der Waals surface area contributed by atoms with Gasteiger partial charge in [0.1, 0.15) is 5.75 Å². The van der Waals surface area contributed by atoms with Crippen molar-refractivity contribution in [2.75, 3.05) is 18.8 Å². The van der Waals surface area contributed by atoms with Gasteiger partial charge < -0.3 is 10.1 Å². The Bertz CT molecular complexity index is 1600. The number of hydrogen-bond acceptors (Lipinski definition) is 8. The monoisotopic (exact) mass is 544 g/mol. The van der Waals surface area contributed by atoms with E-state index in [0.29, 0.717) is 23.8 Å². The highest BCUT2D eigenvalue weighted by Gasteiger charge is 2.38. The highest BCUT2D eigenvalue weighted by molar-refractivity contribution is 7.91. The van der Waals surface area contributed by atoms with Gasteiger partial charge in [0.05, 0.1) is 35.3 Å². The van der Waals surface area contributed by atoms with Crippen molar-refractivity contribution in [2.24, 2.45) is 11.8 Å². The van der Waals surface area contributed by atoms with Gasteiger partial charge in [0.2, 0.25) is 5.44 Å². The van der Waals surface area contributed by atoms with Crippen molar-refractivity contribution >= 4 is 31.8 Å². The quantitative estimate of drug-likeness (QED) is 0.348. The molecule has 0 spiro atoms. The summed E-state index contributed by atoms with van der Waals surface area (Å²) in [5, 5.41) is 22.0. The number of sulfone groups is 1. The summed E-state index contributed by atoms with van der Waals surface area (Å²) in [6.07, 6.45) is 10.7. The molecule has 2 aliphatic rings. The van der Waals surface area contributed by atoms with E-state index >= 15 is 0 Å². The van der Waals surface area contributed by atoms with Gasteiger partial charge in [-0.05, 0) is 92.8 Å². The van der Waals surface area contributed by atoms with Crippen LogP contribution in [0.4, 0.5) is 0 Å². The minimum absolute atomic E-state index is 0.0895. The summed E-state index contributed by atoms with van der Waals surface area (Å²) in [6, 6.07) is 10.8. The molecule has 1 saturated heterocycles. The van der Waals surface area contributed by atoms with Gasteiger partial charge in [-0.25, -0.2) is 18.4 Å².